The van der Waals surface area contributed by atoms with Crippen LogP contribution in [-0.2, 0) is 0 Å². The molecule has 0 saturated carbocycles. The summed E-state index contributed by atoms with van der Waals surface area (Å²) in [5.74, 6) is 0. The second kappa shape index (κ2) is 2.47. The van der Waals surface area contributed by atoms with Crippen LogP contribution in [0.4, 0.5) is 4.39 Å². The molecule has 3 heteroatoms. The lowest BCUT2D eigenvalue weighted by Crippen LogP contribution is -2.42. The molecule has 0 aromatic heterocycles. The van der Waals surface area contributed by atoms with Crippen LogP contribution in [0.2, 0.25) is 0 Å². The van der Waals surface area contributed by atoms with E-state index in [0.717, 1.165) is 0 Å². The van der Waals surface area contributed by atoms with E-state index in [2.05, 4.69) is 5.32 Å². The molecule has 0 bridgehead atoms. The summed E-state index contributed by atoms with van der Waals surface area (Å²) in [5.41, 5.74) is -0.791. The van der Waals surface area contributed by atoms with Crippen LogP contribution in [0.25, 0.3) is 0 Å². The average molecular weight is 147 g/mol. The molecule has 2 N–H and O–H groups in total. The van der Waals surface area contributed by atoms with Crippen molar-refractivity contribution in [1.29, 1.82) is 0 Å². The Bertz CT molecular complexity index is 121. The van der Waals surface area contributed by atoms with Gasteiger partial charge in [0.15, 0.2) is 0 Å². The Morgan fingerprint density at radius 2 is 2.20 bits per heavy atom. The first-order valence-corrected chi connectivity index (χ1v) is 3.60. The second-order valence-electron chi connectivity index (χ2n) is 3.45. The molecule has 1 aliphatic heterocycles. The van der Waals surface area contributed by atoms with Crippen molar-refractivity contribution in [1.82, 2.24) is 5.32 Å². The Morgan fingerprint density at radius 3 is 2.40 bits per heavy atom. The van der Waals surface area contributed by atoms with Gasteiger partial charge < -0.3 is 10.4 Å². The van der Waals surface area contributed by atoms with Crippen molar-refractivity contribution >= 4 is 0 Å². The largest absolute Gasteiger partial charge is 0.389 e. The number of hydrogen-bond donors (Lipinski definition) is 2. The SMILES string of the molecule is CC(C)(O)[C@@H]1C[C@H](F)CN1. The summed E-state index contributed by atoms with van der Waals surface area (Å²) in [6, 6.07) is -0.0810. The number of hydrogen-bond acceptors (Lipinski definition) is 2. The van der Waals surface area contributed by atoms with Crippen molar-refractivity contribution in [2.24, 2.45) is 0 Å². The molecule has 0 aromatic rings. The van der Waals surface area contributed by atoms with Gasteiger partial charge in [0, 0.05) is 12.6 Å². The summed E-state index contributed by atoms with van der Waals surface area (Å²) in [6.07, 6.45) is -0.347. The van der Waals surface area contributed by atoms with Crippen molar-refractivity contribution in [2.45, 2.75) is 38.1 Å². The summed E-state index contributed by atoms with van der Waals surface area (Å²) in [5, 5.41) is 12.3. The molecule has 1 heterocycles. The Balaban J connectivity index is 2.45. The zero-order valence-corrected chi connectivity index (χ0v) is 6.39. The quantitative estimate of drug-likeness (QED) is 0.564. The van der Waals surface area contributed by atoms with Crippen molar-refractivity contribution in [3.63, 3.8) is 0 Å². The first-order valence-electron chi connectivity index (χ1n) is 3.60. The smallest absolute Gasteiger partial charge is 0.114 e. The van der Waals surface area contributed by atoms with E-state index in [9.17, 15) is 9.50 Å². The van der Waals surface area contributed by atoms with Gasteiger partial charge in [-0.05, 0) is 20.3 Å². The summed E-state index contributed by atoms with van der Waals surface area (Å²) in [7, 11) is 0. The zero-order valence-electron chi connectivity index (χ0n) is 6.39. The van der Waals surface area contributed by atoms with Crippen molar-refractivity contribution in [3.05, 3.63) is 0 Å². The highest BCUT2D eigenvalue weighted by Gasteiger charge is 2.33. The van der Waals surface area contributed by atoms with Gasteiger partial charge in [-0.1, -0.05) is 0 Å². The Labute approximate surface area is 60.4 Å². The predicted molar refractivity (Wildman–Crippen MR) is 37.6 cm³/mol. The van der Waals surface area contributed by atoms with Crippen molar-refractivity contribution in [2.75, 3.05) is 6.54 Å². The fraction of sp³-hybridized carbons (Fsp3) is 1.00. The fourth-order valence-corrected chi connectivity index (χ4v) is 1.23. The Kier molecular flexibility index (Phi) is 1.97. The molecule has 1 rings (SSSR count). The third kappa shape index (κ3) is 1.67. The third-order valence-electron chi connectivity index (χ3n) is 1.93. The first kappa shape index (κ1) is 7.95. The lowest BCUT2D eigenvalue weighted by Gasteiger charge is -2.24. The van der Waals surface area contributed by atoms with Crippen LogP contribution in [0.5, 0.6) is 0 Å². The maximum atomic E-state index is 12.5. The van der Waals surface area contributed by atoms with Crippen LogP contribution in [0, 0.1) is 0 Å². The number of nitrogens with one attached hydrogen (secondary N) is 1. The standard InChI is InChI=1S/C7H14FNO/c1-7(2,10)6-3-5(8)4-9-6/h5-6,9-10H,3-4H2,1-2H3/t5-,6-/m0/s1. The molecule has 0 spiro atoms. The van der Waals surface area contributed by atoms with Crippen LogP contribution in [-0.4, -0.2) is 29.5 Å². The van der Waals surface area contributed by atoms with Gasteiger partial charge in [-0.15, -0.1) is 0 Å². The minimum absolute atomic E-state index is 0.0810. The molecule has 2 nitrogen and oxygen atoms in total. The minimum Gasteiger partial charge on any atom is -0.389 e. The van der Waals surface area contributed by atoms with Gasteiger partial charge >= 0.3 is 0 Å². The van der Waals surface area contributed by atoms with Crippen molar-refractivity contribution in [3.8, 4) is 0 Å². The molecule has 0 aromatic carbocycles. The summed E-state index contributed by atoms with van der Waals surface area (Å²) >= 11 is 0. The summed E-state index contributed by atoms with van der Waals surface area (Å²) < 4.78 is 12.5. The molecule has 0 radical (unpaired) electrons. The molecule has 2 atom stereocenters. The van der Waals surface area contributed by atoms with Crippen LogP contribution in [0.3, 0.4) is 0 Å². The van der Waals surface area contributed by atoms with Gasteiger partial charge in [-0.25, -0.2) is 4.39 Å². The highest BCUT2D eigenvalue weighted by atomic mass is 19.1. The molecule has 60 valence electrons. The Hall–Kier alpha value is -0.150. The number of halogens is 1. The Morgan fingerprint density at radius 1 is 1.60 bits per heavy atom. The fourth-order valence-electron chi connectivity index (χ4n) is 1.23. The van der Waals surface area contributed by atoms with Crippen LogP contribution in [0.1, 0.15) is 20.3 Å². The molecule has 0 amide bonds. The van der Waals surface area contributed by atoms with Gasteiger partial charge in [-0.3, -0.25) is 0 Å². The molecule has 10 heavy (non-hydrogen) atoms. The van der Waals surface area contributed by atoms with Gasteiger partial charge in [0.2, 0.25) is 0 Å². The van der Waals surface area contributed by atoms with E-state index in [-0.39, 0.29) is 6.04 Å². The average Bonchev–Trinajstić information content (AvgIpc) is 2.11. The van der Waals surface area contributed by atoms with Gasteiger partial charge in [0.25, 0.3) is 0 Å². The first-order chi connectivity index (χ1) is 4.50. The van der Waals surface area contributed by atoms with E-state index < -0.39 is 11.8 Å². The van der Waals surface area contributed by atoms with Crippen molar-refractivity contribution < 1.29 is 9.50 Å². The zero-order chi connectivity index (χ0) is 7.78. The number of alkyl halides is 1. The molecule has 0 unspecified atom stereocenters. The van der Waals surface area contributed by atoms with E-state index in [1.54, 1.807) is 13.8 Å². The summed E-state index contributed by atoms with van der Waals surface area (Å²) in [6.45, 7) is 3.78. The highest BCUT2D eigenvalue weighted by molar-refractivity contribution is 4.91. The molecule has 0 aliphatic carbocycles. The van der Waals surface area contributed by atoms with Gasteiger partial charge in [0.1, 0.15) is 6.17 Å². The van der Waals surface area contributed by atoms with E-state index >= 15 is 0 Å². The molecular weight excluding hydrogens is 133 g/mol. The van der Waals surface area contributed by atoms with Gasteiger partial charge in [-0.2, -0.15) is 0 Å². The minimum atomic E-state index is -0.791. The normalized spacial score (nSPS) is 34.8. The summed E-state index contributed by atoms with van der Waals surface area (Å²) in [4.78, 5) is 0. The number of rotatable bonds is 1. The lowest BCUT2D eigenvalue weighted by molar-refractivity contribution is 0.0429. The van der Waals surface area contributed by atoms with E-state index in [1.165, 1.54) is 0 Å². The monoisotopic (exact) mass is 147 g/mol. The molecular formula is C7H14FNO. The highest BCUT2D eigenvalue weighted by Crippen LogP contribution is 2.19. The molecule has 1 aliphatic rings. The molecule has 1 fully saturated rings. The topological polar surface area (TPSA) is 32.3 Å². The third-order valence-corrected chi connectivity index (χ3v) is 1.93. The molecule has 1 saturated heterocycles. The van der Waals surface area contributed by atoms with Crippen LogP contribution in [0.15, 0.2) is 0 Å². The maximum absolute atomic E-state index is 12.5. The van der Waals surface area contributed by atoms with E-state index in [4.69, 9.17) is 0 Å². The van der Waals surface area contributed by atoms with E-state index in [1.807, 2.05) is 0 Å². The van der Waals surface area contributed by atoms with Gasteiger partial charge in [0.05, 0.1) is 5.60 Å². The second-order valence-corrected chi connectivity index (χ2v) is 3.45. The maximum Gasteiger partial charge on any atom is 0.114 e. The van der Waals surface area contributed by atoms with Crippen LogP contribution < -0.4 is 5.32 Å². The van der Waals surface area contributed by atoms with E-state index in [0.29, 0.717) is 13.0 Å². The predicted octanol–water partition coefficient (Wildman–Crippen LogP) is 0.457. The lowest BCUT2D eigenvalue weighted by atomic mass is 9.97. The number of aliphatic hydroxyl groups is 1. The van der Waals surface area contributed by atoms with Crippen LogP contribution >= 0.6 is 0 Å².